The number of amides is 1. The normalized spacial score (nSPS) is 12.2. The number of sulfonamides is 1. The van der Waals surface area contributed by atoms with E-state index in [0.717, 1.165) is 0 Å². The Morgan fingerprint density at radius 2 is 1.58 bits per heavy atom. The van der Waals surface area contributed by atoms with E-state index in [-0.39, 0.29) is 23.8 Å². The second-order valence-corrected chi connectivity index (χ2v) is 8.40. The number of hydrogen-bond acceptors (Lipinski definition) is 6. The van der Waals surface area contributed by atoms with Crippen molar-refractivity contribution in [3.63, 3.8) is 0 Å². The van der Waals surface area contributed by atoms with Crippen LogP contribution in [0.25, 0.3) is 0 Å². The Balaban J connectivity index is 1.79. The van der Waals surface area contributed by atoms with Gasteiger partial charge in [0.05, 0.1) is 38.0 Å². The maximum Gasteiger partial charge on any atom is 0.241 e. The minimum absolute atomic E-state index is 0.0720. The Hall–Kier alpha value is -3.30. The van der Waals surface area contributed by atoms with Crippen molar-refractivity contribution in [2.24, 2.45) is 0 Å². The van der Waals surface area contributed by atoms with Gasteiger partial charge in [-0.25, -0.2) is 13.1 Å². The van der Waals surface area contributed by atoms with Crippen molar-refractivity contribution in [3.05, 3.63) is 78.3 Å². The molecule has 0 aliphatic rings. The molecule has 2 N–H and O–H groups in total. The minimum atomic E-state index is -3.89. The number of benzene rings is 2. The lowest BCUT2D eigenvalue weighted by Gasteiger charge is -2.19. The quantitative estimate of drug-likeness (QED) is 0.498. The van der Waals surface area contributed by atoms with Crippen molar-refractivity contribution in [1.29, 1.82) is 0 Å². The summed E-state index contributed by atoms with van der Waals surface area (Å²) < 4.78 is 44.0. The smallest absolute Gasteiger partial charge is 0.241 e. The largest absolute Gasteiger partial charge is 0.497 e. The highest BCUT2D eigenvalue weighted by Gasteiger charge is 2.24. The first-order chi connectivity index (χ1) is 14.9. The maximum atomic E-state index is 12.9. The van der Waals surface area contributed by atoms with Crippen LogP contribution in [0.15, 0.2) is 76.2 Å². The zero-order valence-corrected chi connectivity index (χ0v) is 18.0. The third-order valence-electron chi connectivity index (χ3n) is 4.61. The fourth-order valence-corrected chi connectivity index (χ4v) is 4.15. The lowest BCUT2D eigenvalue weighted by molar-refractivity contribution is -0.121. The molecule has 0 fully saturated rings. The number of methoxy groups -OCH3 is 2. The third kappa shape index (κ3) is 6.09. The first-order valence-corrected chi connectivity index (χ1v) is 11.0. The lowest BCUT2D eigenvalue weighted by Crippen LogP contribution is -2.33. The number of rotatable bonds is 10. The van der Waals surface area contributed by atoms with Crippen molar-refractivity contribution < 1.29 is 27.1 Å². The standard InChI is InChI=1S/C22H24N2O6S/c1-28-17-7-5-16(6-8-17)21(14-22(25)23-15-19-4-3-13-30-19)24-31(26,27)20-11-9-18(29-2)10-12-20/h3-13,21,24H,14-15H2,1-2H3,(H,23,25)/t21-/m1/s1. The summed E-state index contributed by atoms with van der Waals surface area (Å²) in [7, 11) is -0.842. The van der Waals surface area contributed by atoms with Gasteiger partial charge in [-0.2, -0.15) is 0 Å². The summed E-state index contributed by atoms with van der Waals surface area (Å²) in [5.74, 6) is 1.45. The van der Waals surface area contributed by atoms with Crippen LogP contribution < -0.4 is 19.5 Å². The number of hydrogen-bond donors (Lipinski definition) is 2. The molecule has 0 saturated heterocycles. The Bertz CT molecular complexity index is 1080. The fraction of sp³-hybridized carbons (Fsp3) is 0.227. The predicted molar refractivity (Wildman–Crippen MR) is 114 cm³/mol. The molecule has 0 unspecified atom stereocenters. The van der Waals surface area contributed by atoms with E-state index in [9.17, 15) is 13.2 Å². The molecule has 1 aromatic heterocycles. The molecule has 164 valence electrons. The molecule has 0 saturated carbocycles. The Labute approximate surface area is 181 Å². The molecule has 1 atom stereocenters. The monoisotopic (exact) mass is 444 g/mol. The van der Waals surface area contributed by atoms with Crippen molar-refractivity contribution in [2.75, 3.05) is 14.2 Å². The van der Waals surface area contributed by atoms with E-state index in [1.54, 1.807) is 55.6 Å². The van der Waals surface area contributed by atoms with Crippen LogP contribution in [0, 0.1) is 0 Å². The Morgan fingerprint density at radius 3 is 2.13 bits per heavy atom. The van der Waals surface area contributed by atoms with Crippen LogP contribution in [0.1, 0.15) is 23.8 Å². The molecular formula is C22H24N2O6S. The van der Waals surface area contributed by atoms with Gasteiger partial charge in [0, 0.05) is 6.42 Å². The molecule has 0 bridgehead atoms. The Morgan fingerprint density at radius 1 is 0.968 bits per heavy atom. The van der Waals surface area contributed by atoms with E-state index in [0.29, 0.717) is 22.8 Å². The Kier molecular flexibility index (Phi) is 7.32. The van der Waals surface area contributed by atoms with Gasteiger partial charge in [-0.05, 0) is 54.1 Å². The number of nitrogens with one attached hydrogen (secondary N) is 2. The second-order valence-electron chi connectivity index (χ2n) is 6.68. The molecule has 0 radical (unpaired) electrons. The second kappa shape index (κ2) is 10.1. The molecule has 0 aliphatic heterocycles. The summed E-state index contributed by atoms with van der Waals surface area (Å²) in [4.78, 5) is 12.6. The highest BCUT2D eigenvalue weighted by molar-refractivity contribution is 7.89. The van der Waals surface area contributed by atoms with Crippen LogP contribution in [-0.2, 0) is 21.4 Å². The highest BCUT2D eigenvalue weighted by Crippen LogP contribution is 2.24. The molecule has 1 amide bonds. The van der Waals surface area contributed by atoms with E-state index < -0.39 is 16.1 Å². The minimum Gasteiger partial charge on any atom is -0.497 e. The number of furan rings is 1. The molecule has 0 spiro atoms. The van der Waals surface area contributed by atoms with E-state index in [1.807, 2.05) is 0 Å². The SMILES string of the molecule is COc1ccc([C@@H](CC(=O)NCc2ccco2)NS(=O)(=O)c2ccc(OC)cc2)cc1. The molecule has 3 aromatic rings. The van der Waals surface area contributed by atoms with Crippen molar-refractivity contribution >= 4 is 15.9 Å². The van der Waals surface area contributed by atoms with Gasteiger partial charge in [-0.3, -0.25) is 4.79 Å². The zero-order valence-electron chi connectivity index (χ0n) is 17.2. The molecule has 8 nitrogen and oxygen atoms in total. The lowest BCUT2D eigenvalue weighted by atomic mass is 10.0. The zero-order chi connectivity index (χ0) is 22.3. The van der Waals surface area contributed by atoms with E-state index in [2.05, 4.69) is 10.0 Å². The van der Waals surface area contributed by atoms with Crippen LogP contribution in [0.2, 0.25) is 0 Å². The van der Waals surface area contributed by atoms with Crippen molar-refractivity contribution in [2.45, 2.75) is 23.9 Å². The van der Waals surface area contributed by atoms with Crippen molar-refractivity contribution in [3.8, 4) is 11.5 Å². The van der Waals surface area contributed by atoms with Gasteiger partial charge >= 0.3 is 0 Å². The maximum absolute atomic E-state index is 12.9. The first kappa shape index (κ1) is 22.4. The van der Waals surface area contributed by atoms with Crippen LogP contribution in [-0.4, -0.2) is 28.5 Å². The summed E-state index contributed by atoms with van der Waals surface area (Å²) in [5, 5.41) is 2.74. The van der Waals surface area contributed by atoms with Gasteiger partial charge in [0.25, 0.3) is 0 Å². The third-order valence-corrected chi connectivity index (χ3v) is 6.10. The van der Waals surface area contributed by atoms with Gasteiger partial charge < -0.3 is 19.2 Å². The fourth-order valence-electron chi connectivity index (χ4n) is 2.93. The summed E-state index contributed by atoms with van der Waals surface area (Å²) in [6.45, 7) is 0.215. The van der Waals surface area contributed by atoms with Gasteiger partial charge in [-0.15, -0.1) is 0 Å². The van der Waals surface area contributed by atoms with Gasteiger partial charge in [-0.1, -0.05) is 12.1 Å². The van der Waals surface area contributed by atoms with Gasteiger partial charge in [0.15, 0.2) is 0 Å². The number of ether oxygens (including phenoxy) is 2. The van der Waals surface area contributed by atoms with E-state index in [1.165, 1.54) is 25.5 Å². The van der Waals surface area contributed by atoms with E-state index >= 15 is 0 Å². The van der Waals surface area contributed by atoms with Crippen LogP contribution in [0.4, 0.5) is 0 Å². The van der Waals surface area contributed by atoms with Gasteiger partial charge in [0.2, 0.25) is 15.9 Å². The molecule has 1 heterocycles. The number of carbonyl (C=O) groups is 1. The van der Waals surface area contributed by atoms with E-state index in [4.69, 9.17) is 13.9 Å². The molecule has 0 aliphatic carbocycles. The molecule has 3 rings (SSSR count). The average Bonchev–Trinajstić information content (AvgIpc) is 3.31. The summed E-state index contributed by atoms with van der Waals surface area (Å²) >= 11 is 0. The van der Waals surface area contributed by atoms with Crippen LogP contribution in [0.3, 0.4) is 0 Å². The van der Waals surface area contributed by atoms with Crippen molar-refractivity contribution in [1.82, 2.24) is 10.0 Å². The predicted octanol–water partition coefficient (Wildman–Crippen LogP) is 3.02. The highest BCUT2D eigenvalue weighted by atomic mass is 32.2. The molecule has 9 heteroatoms. The summed E-state index contributed by atoms with van der Waals surface area (Å²) in [6, 6.07) is 15.6. The van der Waals surface area contributed by atoms with Crippen LogP contribution in [0.5, 0.6) is 11.5 Å². The van der Waals surface area contributed by atoms with Crippen LogP contribution >= 0.6 is 0 Å². The summed E-state index contributed by atoms with van der Waals surface area (Å²) in [6.07, 6.45) is 1.42. The first-order valence-electron chi connectivity index (χ1n) is 9.50. The molecular weight excluding hydrogens is 420 g/mol. The van der Waals surface area contributed by atoms with Gasteiger partial charge in [0.1, 0.15) is 17.3 Å². The number of carbonyl (C=O) groups excluding carboxylic acids is 1. The average molecular weight is 445 g/mol. The summed E-state index contributed by atoms with van der Waals surface area (Å²) in [5.41, 5.74) is 0.631. The molecule has 31 heavy (non-hydrogen) atoms. The molecule has 2 aromatic carbocycles. The topological polar surface area (TPSA) is 107 Å².